The van der Waals surface area contributed by atoms with E-state index in [1.807, 2.05) is 13.1 Å². The number of H-pyrrole nitrogens is 1. The Kier molecular flexibility index (Phi) is 2.84. The minimum Gasteiger partial charge on any atom is -0.345 e. The van der Waals surface area contributed by atoms with Crippen LogP contribution in [0.3, 0.4) is 0 Å². The van der Waals surface area contributed by atoms with Gasteiger partial charge in [0.05, 0.1) is 6.54 Å². The van der Waals surface area contributed by atoms with E-state index in [9.17, 15) is 0 Å². The minimum absolute atomic E-state index is 0.394. The maximum Gasteiger partial charge on any atom is 0.120 e. The molecule has 0 radical (unpaired) electrons. The molecular formula is C10H18N4. The maximum absolute atomic E-state index is 5.83. The Balaban J connectivity index is 1.77. The fourth-order valence-corrected chi connectivity index (χ4v) is 2.00. The van der Waals surface area contributed by atoms with Crippen molar-refractivity contribution in [2.75, 3.05) is 0 Å². The van der Waals surface area contributed by atoms with E-state index in [0.717, 1.165) is 30.9 Å². The number of nitrogens with one attached hydrogen (secondary N) is 2. The Morgan fingerprint density at radius 2 is 2.50 bits per heavy atom. The second-order valence-corrected chi connectivity index (χ2v) is 4.16. The predicted molar refractivity (Wildman–Crippen MR) is 55.8 cm³/mol. The molecule has 0 bridgehead atoms. The van der Waals surface area contributed by atoms with Crippen molar-refractivity contribution in [1.29, 1.82) is 0 Å². The SMILES string of the molecule is Cc1cnc(CNC2CCC(N)C2)[nH]1. The highest BCUT2D eigenvalue weighted by atomic mass is 15.0. The average Bonchev–Trinajstić information content (AvgIpc) is 2.72. The van der Waals surface area contributed by atoms with Gasteiger partial charge in [-0.15, -0.1) is 0 Å². The zero-order chi connectivity index (χ0) is 9.97. The molecule has 0 saturated heterocycles. The molecule has 14 heavy (non-hydrogen) atoms. The first-order chi connectivity index (χ1) is 6.74. The summed E-state index contributed by atoms with van der Waals surface area (Å²) in [5, 5.41) is 3.47. The topological polar surface area (TPSA) is 66.7 Å². The van der Waals surface area contributed by atoms with Crippen molar-refractivity contribution < 1.29 is 0 Å². The third-order valence-corrected chi connectivity index (χ3v) is 2.79. The molecule has 1 aliphatic carbocycles. The molecule has 78 valence electrons. The number of aromatic amines is 1. The van der Waals surface area contributed by atoms with Crippen LogP contribution in [0.5, 0.6) is 0 Å². The smallest absolute Gasteiger partial charge is 0.120 e. The third-order valence-electron chi connectivity index (χ3n) is 2.79. The van der Waals surface area contributed by atoms with E-state index in [4.69, 9.17) is 5.73 Å². The van der Waals surface area contributed by atoms with Gasteiger partial charge in [0.1, 0.15) is 5.82 Å². The van der Waals surface area contributed by atoms with Crippen LogP contribution < -0.4 is 11.1 Å². The third kappa shape index (κ3) is 2.33. The molecule has 2 rings (SSSR count). The van der Waals surface area contributed by atoms with Gasteiger partial charge in [0.2, 0.25) is 0 Å². The Hall–Kier alpha value is -0.870. The molecule has 4 N–H and O–H groups in total. The molecule has 1 aromatic heterocycles. The molecular weight excluding hydrogens is 176 g/mol. The normalized spacial score (nSPS) is 27.0. The molecule has 1 aliphatic rings. The summed E-state index contributed by atoms with van der Waals surface area (Å²) in [5.74, 6) is 1.02. The zero-order valence-electron chi connectivity index (χ0n) is 8.59. The number of aryl methyl sites for hydroxylation is 1. The van der Waals surface area contributed by atoms with E-state index >= 15 is 0 Å². The summed E-state index contributed by atoms with van der Waals surface area (Å²) in [7, 11) is 0. The number of hydrogen-bond donors (Lipinski definition) is 3. The lowest BCUT2D eigenvalue weighted by molar-refractivity contribution is 0.508. The summed E-state index contributed by atoms with van der Waals surface area (Å²) < 4.78 is 0. The van der Waals surface area contributed by atoms with Crippen LogP contribution in [-0.2, 0) is 6.54 Å². The highest BCUT2D eigenvalue weighted by Gasteiger charge is 2.20. The highest BCUT2D eigenvalue weighted by Crippen LogP contribution is 2.17. The second kappa shape index (κ2) is 4.11. The molecule has 0 aromatic carbocycles. The van der Waals surface area contributed by atoms with Gasteiger partial charge in [0.15, 0.2) is 0 Å². The number of nitrogens with two attached hydrogens (primary N) is 1. The van der Waals surface area contributed by atoms with Gasteiger partial charge in [0.25, 0.3) is 0 Å². The Morgan fingerprint density at radius 3 is 3.07 bits per heavy atom. The van der Waals surface area contributed by atoms with Crippen molar-refractivity contribution in [3.8, 4) is 0 Å². The van der Waals surface area contributed by atoms with Crippen LogP contribution in [0.2, 0.25) is 0 Å². The van der Waals surface area contributed by atoms with Crippen molar-refractivity contribution in [2.24, 2.45) is 5.73 Å². The Bertz CT molecular complexity index is 294. The van der Waals surface area contributed by atoms with E-state index in [0.29, 0.717) is 12.1 Å². The van der Waals surface area contributed by atoms with Gasteiger partial charge in [-0.1, -0.05) is 0 Å². The van der Waals surface area contributed by atoms with E-state index in [2.05, 4.69) is 15.3 Å². The lowest BCUT2D eigenvalue weighted by Crippen LogP contribution is -2.28. The van der Waals surface area contributed by atoms with Crippen LogP contribution in [0.25, 0.3) is 0 Å². The van der Waals surface area contributed by atoms with Crippen LogP contribution in [0, 0.1) is 6.92 Å². The van der Waals surface area contributed by atoms with Crippen LogP contribution in [0.1, 0.15) is 30.8 Å². The molecule has 2 atom stereocenters. The standard InChI is InChI=1S/C10H18N4/c1-7-5-13-10(14-7)6-12-9-3-2-8(11)4-9/h5,8-9,12H,2-4,6,11H2,1H3,(H,13,14). The highest BCUT2D eigenvalue weighted by molar-refractivity contribution is 4.98. The monoisotopic (exact) mass is 194 g/mol. The molecule has 1 aromatic rings. The van der Waals surface area contributed by atoms with Crippen molar-refractivity contribution in [2.45, 2.75) is 44.8 Å². The number of aromatic nitrogens is 2. The Labute approximate surface area is 84.3 Å². The van der Waals surface area contributed by atoms with Gasteiger partial charge < -0.3 is 16.0 Å². The van der Waals surface area contributed by atoms with Gasteiger partial charge in [-0.2, -0.15) is 0 Å². The number of hydrogen-bond acceptors (Lipinski definition) is 3. The molecule has 4 nitrogen and oxygen atoms in total. The summed E-state index contributed by atoms with van der Waals surface area (Å²) in [5.41, 5.74) is 6.95. The van der Waals surface area contributed by atoms with Crippen molar-refractivity contribution in [3.05, 3.63) is 17.7 Å². The molecule has 0 spiro atoms. The predicted octanol–water partition coefficient (Wildman–Crippen LogP) is 0.688. The van der Waals surface area contributed by atoms with Crippen molar-refractivity contribution in [1.82, 2.24) is 15.3 Å². The largest absolute Gasteiger partial charge is 0.345 e. The van der Waals surface area contributed by atoms with E-state index in [-0.39, 0.29) is 0 Å². The van der Waals surface area contributed by atoms with E-state index in [1.54, 1.807) is 0 Å². The van der Waals surface area contributed by atoms with Gasteiger partial charge in [-0.05, 0) is 26.2 Å². The lowest BCUT2D eigenvalue weighted by atomic mass is 10.2. The number of imidazole rings is 1. The summed E-state index contributed by atoms with van der Waals surface area (Å²) in [6.07, 6.45) is 5.30. The quantitative estimate of drug-likeness (QED) is 0.663. The van der Waals surface area contributed by atoms with Gasteiger partial charge in [-0.3, -0.25) is 0 Å². The van der Waals surface area contributed by atoms with Crippen LogP contribution in [0.15, 0.2) is 6.20 Å². The summed E-state index contributed by atoms with van der Waals surface area (Å²) in [6.45, 7) is 2.84. The average molecular weight is 194 g/mol. The molecule has 2 unspecified atom stereocenters. The zero-order valence-corrected chi connectivity index (χ0v) is 8.59. The molecule has 0 amide bonds. The van der Waals surface area contributed by atoms with Crippen molar-refractivity contribution >= 4 is 0 Å². The fraction of sp³-hybridized carbons (Fsp3) is 0.700. The number of nitrogens with zero attached hydrogens (tertiary/aromatic N) is 1. The fourth-order valence-electron chi connectivity index (χ4n) is 2.00. The van der Waals surface area contributed by atoms with Crippen LogP contribution in [-0.4, -0.2) is 22.1 Å². The molecule has 0 aliphatic heterocycles. The van der Waals surface area contributed by atoms with Gasteiger partial charge in [-0.25, -0.2) is 4.98 Å². The van der Waals surface area contributed by atoms with E-state index < -0.39 is 0 Å². The molecule has 1 saturated carbocycles. The second-order valence-electron chi connectivity index (χ2n) is 4.16. The van der Waals surface area contributed by atoms with E-state index in [1.165, 1.54) is 6.42 Å². The minimum atomic E-state index is 0.394. The van der Waals surface area contributed by atoms with Crippen LogP contribution >= 0.6 is 0 Å². The molecule has 1 heterocycles. The summed E-state index contributed by atoms with van der Waals surface area (Å²) in [4.78, 5) is 7.45. The van der Waals surface area contributed by atoms with Gasteiger partial charge in [0, 0.05) is 24.0 Å². The van der Waals surface area contributed by atoms with Crippen LogP contribution in [0.4, 0.5) is 0 Å². The van der Waals surface area contributed by atoms with Gasteiger partial charge >= 0.3 is 0 Å². The summed E-state index contributed by atoms with van der Waals surface area (Å²) in [6, 6.07) is 0.973. The van der Waals surface area contributed by atoms with Crippen molar-refractivity contribution in [3.63, 3.8) is 0 Å². The number of rotatable bonds is 3. The maximum atomic E-state index is 5.83. The first-order valence-electron chi connectivity index (χ1n) is 5.23. The first-order valence-corrected chi connectivity index (χ1v) is 5.23. The summed E-state index contributed by atoms with van der Waals surface area (Å²) >= 11 is 0. The molecule has 4 heteroatoms. The Morgan fingerprint density at radius 1 is 1.64 bits per heavy atom. The lowest BCUT2D eigenvalue weighted by Gasteiger charge is -2.10. The molecule has 1 fully saturated rings. The first kappa shape index (κ1) is 9.68.